The van der Waals surface area contributed by atoms with Crippen LogP contribution in [-0.4, -0.2) is 57.6 Å². The molecule has 0 aromatic heterocycles. The third-order valence-corrected chi connectivity index (χ3v) is 9.37. The molecule has 2 saturated carbocycles. The van der Waals surface area contributed by atoms with Crippen LogP contribution in [0.25, 0.3) is 0 Å². The molecule has 2 bridgehead atoms. The molecule has 8 heteroatoms. The molecule has 2 aromatic rings. The highest BCUT2D eigenvalue weighted by molar-refractivity contribution is 6.10. The van der Waals surface area contributed by atoms with Gasteiger partial charge in [0, 0.05) is 23.8 Å². The van der Waals surface area contributed by atoms with Crippen LogP contribution in [0.3, 0.4) is 0 Å². The zero-order chi connectivity index (χ0) is 25.0. The van der Waals surface area contributed by atoms with E-state index in [9.17, 15) is 24.2 Å². The predicted octanol–water partition coefficient (Wildman–Crippen LogP) is 2.84. The second-order valence-corrected chi connectivity index (χ2v) is 11.4. The summed E-state index contributed by atoms with van der Waals surface area (Å²) in [5.41, 5.74) is 0.173. The van der Waals surface area contributed by atoms with Gasteiger partial charge in [0.1, 0.15) is 11.7 Å². The number of benzene rings is 2. The van der Waals surface area contributed by atoms with E-state index in [4.69, 9.17) is 4.74 Å². The van der Waals surface area contributed by atoms with Gasteiger partial charge in [-0.25, -0.2) is 4.39 Å². The fourth-order valence-corrected chi connectivity index (χ4v) is 7.48. The second kappa shape index (κ2) is 7.29. The van der Waals surface area contributed by atoms with E-state index in [0.717, 1.165) is 24.2 Å². The molecule has 2 heterocycles. The normalized spacial score (nSPS) is 34.2. The molecule has 2 aliphatic heterocycles. The Morgan fingerprint density at radius 2 is 2.08 bits per heavy atom. The number of carbonyl (C=O) groups excluding carboxylic acids is 2. The maximum atomic E-state index is 13.9. The number of phenols is 1. The van der Waals surface area contributed by atoms with Crippen LogP contribution >= 0.6 is 0 Å². The summed E-state index contributed by atoms with van der Waals surface area (Å²) < 4.78 is 19.9. The van der Waals surface area contributed by atoms with Crippen molar-refractivity contribution in [1.29, 1.82) is 0 Å². The van der Waals surface area contributed by atoms with Gasteiger partial charge < -0.3 is 20.3 Å². The van der Waals surface area contributed by atoms with E-state index in [1.54, 1.807) is 13.0 Å². The number of anilines is 1. The van der Waals surface area contributed by atoms with Crippen molar-refractivity contribution in [3.05, 3.63) is 52.8 Å². The van der Waals surface area contributed by atoms with E-state index in [-0.39, 0.29) is 35.6 Å². The third kappa shape index (κ3) is 2.80. The van der Waals surface area contributed by atoms with Gasteiger partial charge in [0.2, 0.25) is 5.91 Å². The number of amides is 1. The summed E-state index contributed by atoms with van der Waals surface area (Å²) in [6.07, 6.45) is 2.41. The first kappa shape index (κ1) is 22.2. The number of likely N-dealkylation sites (tertiary alicyclic amines) is 1. The molecule has 7 nitrogen and oxygen atoms in total. The van der Waals surface area contributed by atoms with Crippen LogP contribution in [0.2, 0.25) is 0 Å². The van der Waals surface area contributed by atoms with E-state index in [2.05, 4.69) is 10.2 Å². The van der Waals surface area contributed by atoms with Gasteiger partial charge in [0.15, 0.2) is 23.4 Å². The smallest absolute Gasteiger partial charge is 0.235 e. The van der Waals surface area contributed by atoms with Gasteiger partial charge >= 0.3 is 0 Å². The zero-order valence-electron chi connectivity index (χ0n) is 20.1. The van der Waals surface area contributed by atoms with Gasteiger partial charge in [-0.05, 0) is 86.9 Å². The summed E-state index contributed by atoms with van der Waals surface area (Å²) in [7, 11) is 0. The molecule has 1 amide bonds. The lowest BCUT2D eigenvalue weighted by Gasteiger charge is -2.63. The molecule has 1 saturated heterocycles. The van der Waals surface area contributed by atoms with Gasteiger partial charge in [-0.1, -0.05) is 6.07 Å². The summed E-state index contributed by atoms with van der Waals surface area (Å²) >= 11 is 0. The topological polar surface area (TPSA) is 99.1 Å². The molecule has 3 N–H and O–H groups in total. The monoisotopic (exact) mass is 492 g/mol. The number of phenolic OH excluding ortho intramolecular Hbond substituents is 1. The summed E-state index contributed by atoms with van der Waals surface area (Å²) in [5, 5.41) is 26.0. The number of rotatable bonds is 4. The number of ether oxygens (including phenoxy) is 1. The number of nitrogens with zero attached hydrogens (tertiary/aromatic N) is 1. The summed E-state index contributed by atoms with van der Waals surface area (Å²) in [5.74, 6) is -1.56. The highest BCUT2D eigenvalue weighted by Crippen LogP contribution is 2.65. The number of Topliss-reactive ketones (excluding diaryl/α,β-unsaturated/α-hetero) is 1. The van der Waals surface area contributed by atoms with Crippen LogP contribution in [0.1, 0.15) is 42.4 Å². The van der Waals surface area contributed by atoms with Crippen LogP contribution in [0, 0.1) is 24.6 Å². The number of aromatic hydroxyl groups is 1. The Hall–Kier alpha value is -2.97. The average Bonchev–Trinajstić information content (AvgIpc) is 3.58. The van der Waals surface area contributed by atoms with E-state index in [1.165, 1.54) is 31.0 Å². The minimum Gasteiger partial charge on any atom is -0.504 e. The minimum atomic E-state index is -1.37. The van der Waals surface area contributed by atoms with E-state index < -0.39 is 28.9 Å². The Morgan fingerprint density at radius 1 is 1.28 bits per heavy atom. The second-order valence-electron chi connectivity index (χ2n) is 11.4. The van der Waals surface area contributed by atoms with E-state index in [1.807, 2.05) is 6.07 Å². The van der Waals surface area contributed by atoms with Crippen molar-refractivity contribution in [2.24, 2.45) is 11.8 Å². The van der Waals surface area contributed by atoms with Crippen molar-refractivity contribution in [1.82, 2.24) is 4.90 Å². The number of carbonyl (C=O) groups is 2. The molecule has 1 spiro atoms. The molecule has 5 atom stereocenters. The SMILES string of the molecule is Cc1cc(NC(=O)C2C[C@@]3(O)[C@H]4Cc5ccc(O)c6c5[C@@]3(CCN4CC3CC3)[C@@H](O6)C2=O)ccc1F. The highest BCUT2D eigenvalue weighted by Gasteiger charge is 2.75. The average molecular weight is 493 g/mol. The Labute approximate surface area is 208 Å². The Balaban J connectivity index is 1.31. The molecular weight excluding hydrogens is 463 g/mol. The minimum absolute atomic E-state index is 0.0158. The first-order valence-electron chi connectivity index (χ1n) is 12.8. The highest BCUT2D eigenvalue weighted by atomic mass is 19.1. The Morgan fingerprint density at radius 3 is 2.83 bits per heavy atom. The van der Waals surface area contributed by atoms with Crippen molar-refractivity contribution >= 4 is 17.4 Å². The van der Waals surface area contributed by atoms with Crippen LogP contribution in [0.4, 0.5) is 10.1 Å². The summed E-state index contributed by atoms with van der Waals surface area (Å²) in [4.78, 5) is 29.7. The van der Waals surface area contributed by atoms with Crippen LogP contribution < -0.4 is 10.1 Å². The maximum Gasteiger partial charge on any atom is 0.235 e. The maximum absolute atomic E-state index is 13.9. The predicted molar refractivity (Wildman–Crippen MR) is 128 cm³/mol. The number of piperidine rings is 1. The lowest BCUT2D eigenvalue weighted by Crippen LogP contribution is -2.78. The summed E-state index contributed by atoms with van der Waals surface area (Å²) in [6, 6.07) is 7.49. The molecule has 0 radical (unpaired) electrons. The standard InChI is InChI=1S/C28H29FN2O5/c1-14-10-17(5-6-19(14)29)30-26(34)18-12-28(35)21-11-16-4-7-20(32)24-22(16)27(28,25(36-24)23(18)33)8-9-31(21)13-15-2-3-15/h4-7,10,15,18,21,25,32,35H,2-3,8-9,11-13H2,1H3,(H,30,34)/t18?,21-,25+,27+,28-/m1/s1. The number of halogens is 1. The van der Waals surface area contributed by atoms with Crippen LogP contribution in [0.5, 0.6) is 11.5 Å². The fourth-order valence-electron chi connectivity index (χ4n) is 7.48. The zero-order valence-corrected chi connectivity index (χ0v) is 20.1. The fraction of sp³-hybridized carbons (Fsp3) is 0.500. The first-order valence-corrected chi connectivity index (χ1v) is 12.8. The van der Waals surface area contributed by atoms with Crippen molar-refractivity contribution in [3.8, 4) is 11.5 Å². The van der Waals surface area contributed by atoms with Crippen molar-refractivity contribution in [2.45, 2.75) is 62.2 Å². The molecular formula is C28H29FN2O5. The largest absolute Gasteiger partial charge is 0.504 e. The molecule has 1 unspecified atom stereocenters. The van der Waals surface area contributed by atoms with Gasteiger partial charge in [-0.2, -0.15) is 0 Å². The molecule has 2 aromatic carbocycles. The van der Waals surface area contributed by atoms with Crippen molar-refractivity contribution in [2.75, 3.05) is 18.4 Å². The number of hydrogen-bond donors (Lipinski definition) is 3. The lowest BCUT2D eigenvalue weighted by molar-refractivity contribution is -0.197. The number of ketones is 1. The van der Waals surface area contributed by atoms with Crippen molar-refractivity contribution in [3.63, 3.8) is 0 Å². The lowest BCUT2D eigenvalue weighted by atomic mass is 9.47. The molecule has 36 heavy (non-hydrogen) atoms. The third-order valence-electron chi connectivity index (χ3n) is 9.37. The van der Waals surface area contributed by atoms with E-state index in [0.29, 0.717) is 30.0 Å². The summed E-state index contributed by atoms with van der Waals surface area (Å²) in [6.45, 7) is 3.24. The Bertz CT molecular complexity index is 1330. The number of aliphatic hydroxyl groups is 1. The van der Waals surface area contributed by atoms with Gasteiger partial charge in [-0.15, -0.1) is 0 Å². The van der Waals surface area contributed by atoms with E-state index >= 15 is 0 Å². The number of aryl methyl sites for hydroxylation is 1. The Kier molecular flexibility index (Phi) is 4.51. The quantitative estimate of drug-likeness (QED) is 0.568. The molecule has 5 aliphatic rings. The van der Waals surface area contributed by atoms with Crippen LogP contribution in [0.15, 0.2) is 30.3 Å². The number of hydrogen-bond acceptors (Lipinski definition) is 6. The van der Waals surface area contributed by atoms with Crippen LogP contribution in [-0.2, 0) is 21.4 Å². The molecule has 3 aliphatic carbocycles. The first-order chi connectivity index (χ1) is 17.2. The molecule has 188 valence electrons. The molecule has 3 fully saturated rings. The van der Waals surface area contributed by atoms with Gasteiger partial charge in [0.05, 0.1) is 11.0 Å². The molecule has 7 rings (SSSR count). The van der Waals surface area contributed by atoms with Gasteiger partial charge in [-0.3, -0.25) is 14.5 Å². The van der Waals surface area contributed by atoms with Gasteiger partial charge in [0.25, 0.3) is 0 Å². The number of nitrogens with one attached hydrogen (secondary N) is 1. The van der Waals surface area contributed by atoms with Crippen molar-refractivity contribution < 1.29 is 28.9 Å².